The van der Waals surface area contributed by atoms with Crippen LogP contribution in [0.15, 0.2) is 47.4 Å². The number of carbonyl (C=O) groups is 1. The molecule has 2 aromatic carbocycles. The predicted molar refractivity (Wildman–Crippen MR) is 106 cm³/mol. The van der Waals surface area contributed by atoms with Crippen molar-refractivity contribution in [2.75, 3.05) is 0 Å². The van der Waals surface area contributed by atoms with Crippen molar-refractivity contribution in [3.05, 3.63) is 74.5 Å². The molecule has 138 valence electrons. The second-order valence-corrected chi connectivity index (χ2v) is 7.30. The van der Waals surface area contributed by atoms with Gasteiger partial charge in [0.15, 0.2) is 0 Å². The number of pyridine rings is 1. The molecule has 1 aromatic heterocycles. The summed E-state index contributed by atoms with van der Waals surface area (Å²) >= 11 is 6.29. The van der Waals surface area contributed by atoms with E-state index in [1.54, 1.807) is 18.3 Å². The Morgan fingerprint density at radius 2 is 2.00 bits per heavy atom. The van der Waals surface area contributed by atoms with Crippen LogP contribution in [0.2, 0.25) is 5.02 Å². The van der Waals surface area contributed by atoms with Crippen LogP contribution in [-0.2, 0) is 13.1 Å². The number of nitrogens with zero attached hydrogens (tertiary/aromatic N) is 1. The third-order valence-electron chi connectivity index (χ3n) is 4.73. The Bertz CT molecular complexity index is 1100. The van der Waals surface area contributed by atoms with Crippen LogP contribution in [0.3, 0.4) is 0 Å². The van der Waals surface area contributed by atoms with E-state index in [0.717, 1.165) is 11.1 Å². The number of halogens is 1. The minimum Gasteiger partial charge on any atom is -0.487 e. The summed E-state index contributed by atoms with van der Waals surface area (Å²) in [4.78, 5) is 25.7. The summed E-state index contributed by atoms with van der Waals surface area (Å²) in [5.74, 6) is 0.198. The van der Waals surface area contributed by atoms with Crippen molar-refractivity contribution >= 4 is 28.4 Å². The number of rotatable bonds is 3. The highest BCUT2D eigenvalue weighted by molar-refractivity contribution is 6.35. The Hall–Kier alpha value is -2.79. The molecule has 1 amide bonds. The highest BCUT2D eigenvalue weighted by atomic mass is 35.5. The van der Waals surface area contributed by atoms with Gasteiger partial charge in [0.05, 0.1) is 22.5 Å². The Labute approximate surface area is 161 Å². The van der Waals surface area contributed by atoms with Crippen molar-refractivity contribution in [1.82, 2.24) is 9.88 Å². The number of aromatic nitrogens is 1. The molecule has 6 heteroatoms. The third kappa shape index (κ3) is 3.19. The topological polar surface area (TPSA) is 60.3 Å². The molecule has 0 radical (unpaired) electrons. The fourth-order valence-corrected chi connectivity index (χ4v) is 3.62. The van der Waals surface area contributed by atoms with Crippen molar-refractivity contribution in [2.24, 2.45) is 0 Å². The Balaban J connectivity index is 1.73. The van der Waals surface area contributed by atoms with E-state index in [9.17, 15) is 9.59 Å². The van der Waals surface area contributed by atoms with E-state index in [4.69, 9.17) is 16.3 Å². The first-order chi connectivity index (χ1) is 12.9. The minimum absolute atomic E-state index is 0.0622. The summed E-state index contributed by atoms with van der Waals surface area (Å²) in [5.41, 5.74) is 2.47. The minimum atomic E-state index is -0.410. The molecule has 0 aliphatic carbocycles. The van der Waals surface area contributed by atoms with Gasteiger partial charge in [-0.3, -0.25) is 9.59 Å². The maximum Gasteiger partial charge on any atom is 0.257 e. The highest BCUT2D eigenvalue weighted by Gasteiger charge is 2.24. The van der Waals surface area contributed by atoms with Crippen molar-refractivity contribution in [3.63, 3.8) is 0 Å². The number of benzene rings is 2. The van der Waals surface area contributed by atoms with E-state index in [1.165, 1.54) is 0 Å². The first-order valence-electron chi connectivity index (χ1n) is 8.80. The summed E-state index contributed by atoms with van der Waals surface area (Å²) in [5, 5.41) is 3.47. The van der Waals surface area contributed by atoms with Gasteiger partial charge in [-0.1, -0.05) is 41.4 Å². The second-order valence-electron chi connectivity index (χ2n) is 6.89. The molecule has 0 saturated heterocycles. The van der Waals surface area contributed by atoms with Crippen LogP contribution in [0.1, 0.15) is 28.4 Å². The van der Waals surface area contributed by atoms with Crippen molar-refractivity contribution in [1.29, 1.82) is 0 Å². The Morgan fingerprint density at radius 1 is 1.26 bits per heavy atom. The average molecular weight is 383 g/mol. The largest absolute Gasteiger partial charge is 0.487 e. The molecule has 0 unspecified atom stereocenters. The van der Waals surface area contributed by atoms with Crippen molar-refractivity contribution in [3.8, 4) is 5.75 Å². The quantitative estimate of drug-likeness (QED) is 0.751. The molecule has 3 aromatic rings. The predicted octanol–water partition coefficient (Wildman–Crippen LogP) is 3.67. The summed E-state index contributed by atoms with van der Waals surface area (Å²) in [6.45, 7) is 4.84. The zero-order valence-corrected chi connectivity index (χ0v) is 15.8. The molecule has 0 saturated carbocycles. The van der Waals surface area contributed by atoms with Gasteiger partial charge in [0, 0.05) is 12.7 Å². The molecule has 0 spiro atoms. The first kappa shape index (κ1) is 17.6. The monoisotopic (exact) mass is 382 g/mol. The number of carbonyl (C=O) groups excluding carboxylic acids is 1. The van der Waals surface area contributed by atoms with E-state index in [1.807, 2.05) is 42.7 Å². The highest BCUT2D eigenvalue weighted by Crippen LogP contribution is 2.33. The fourth-order valence-electron chi connectivity index (χ4n) is 3.38. The number of nitrogens with one attached hydrogen (secondary N) is 1. The van der Waals surface area contributed by atoms with Crippen LogP contribution < -0.4 is 15.5 Å². The molecule has 1 aliphatic rings. The summed E-state index contributed by atoms with van der Waals surface area (Å²) in [6.07, 6.45) is 1.54. The molecule has 0 bridgehead atoms. The van der Waals surface area contributed by atoms with Gasteiger partial charge < -0.3 is 14.6 Å². The van der Waals surface area contributed by atoms with Crippen molar-refractivity contribution < 1.29 is 9.53 Å². The molecule has 1 aliphatic heterocycles. The maximum atomic E-state index is 13.0. The summed E-state index contributed by atoms with van der Waals surface area (Å²) in [6, 6.07) is 11.3. The molecule has 0 fully saturated rings. The normalized spacial score (nSPS) is 15.4. The lowest BCUT2D eigenvalue weighted by atomic mass is 10.1. The Kier molecular flexibility index (Phi) is 4.40. The molecule has 1 N–H and O–H groups in total. The molecular formula is C21H19ClN2O3. The molecule has 2 heterocycles. The number of aryl methyl sites for hydroxylation is 1. The summed E-state index contributed by atoms with van der Waals surface area (Å²) < 4.78 is 7.69. The number of hydrogen-bond acceptors (Lipinski definition) is 3. The van der Waals surface area contributed by atoms with E-state index >= 15 is 0 Å². The number of amides is 1. The van der Waals surface area contributed by atoms with Crippen molar-refractivity contribution in [2.45, 2.75) is 33.0 Å². The molecule has 5 nitrogen and oxygen atoms in total. The first-order valence-corrected chi connectivity index (χ1v) is 9.18. The smallest absolute Gasteiger partial charge is 0.257 e. The molecule has 27 heavy (non-hydrogen) atoms. The zero-order chi connectivity index (χ0) is 19.1. The third-order valence-corrected chi connectivity index (χ3v) is 5.05. The SMILES string of the molecule is Cc1ccc(CNC(=O)c2cn3c4c(ccc(Cl)c4c2=O)O[C@@H](C)C3)cc1. The van der Waals surface area contributed by atoms with Crippen LogP contribution in [0.25, 0.3) is 10.9 Å². The van der Waals surface area contributed by atoms with Gasteiger partial charge in [-0.15, -0.1) is 0 Å². The van der Waals surface area contributed by atoms with E-state index in [-0.39, 0.29) is 17.1 Å². The van der Waals surface area contributed by atoms with E-state index < -0.39 is 5.91 Å². The van der Waals surface area contributed by atoms with E-state index in [2.05, 4.69) is 5.32 Å². The Morgan fingerprint density at radius 3 is 2.74 bits per heavy atom. The number of hydrogen-bond donors (Lipinski definition) is 1. The zero-order valence-electron chi connectivity index (χ0n) is 15.1. The van der Waals surface area contributed by atoms with Gasteiger partial charge in [0.1, 0.15) is 17.4 Å². The number of ether oxygens (including phenoxy) is 1. The fraction of sp³-hybridized carbons (Fsp3) is 0.238. The molecule has 4 rings (SSSR count). The van der Waals surface area contributed by atoms with Gasteiger partial charge in [0.25, 0.3) is 5.91 Å². The molecular weight excluding hydrogens is 364 g/mol. The van der Waals surface area contributed by atoms with Crippen LogP contribution in [0.5, 0.6) is 5.75 Å². The van der Waals surface area contributed by atoms with Gasteiger partial charge in [0.2, 0.25) is 5.43 Å². The summed E-state index contributed by atoms with van der Waals surface area (Å²) in [7, 11) is 0. The van der Waals surface area contributed by atoms with Crippen LogP contribution in [0, 0.1) is 6.92 Å². The lowest BCUT2D eigenvalue weighted by molar-refractivity contribution is 0.0948. The van der Waals surface area contributed by atoms with Crippen LogP contribution in [-0.4, -0.2) is 16.6 Å². The standard InChI is InChI=1S/C21H19ClN2O3/c1-12-3-5-14(6-4-12)9-23-21(26)15-11-24-10-13(2)27-17-8-7-16(22)18(19(17)24)20(15)25/h3-8,11,13H,9-10H2,1-2H3,(H,23,26)/t13-/m0/s1. The van der Waals surface area contributed by atoms with Gasteiger partial charge in [-0.25, -0.2) is 0 Å². The lowest BCUT2D eigenvalue weighted by Gasteiger charge is -2.26. The lowest BCUT2D eigenvalue weighted by Crippen LogP contribution is -2.32. The van der Waals surface area contributed by atoms with Crippen LogP contribution >= 0.6 is 11.6 Å². The van der Waals surface area contributed by atoms with Gasteiger partial charge >= 0.3 is 0 Å². The molecule has 1 atom stereocenters. The van der Waals surface area contributed by atoms with Crippen LogP contribution in [0.4, 0.5) is 0 Å². The van der Waals surface area contributed by atoms with Gasteiger partial charge in [-0.05, 0) is 31.5 Å². The van der Waals surface area contributed by atoms with Gasteiger partial charge in [-0.2, -0.15) is 0 Å². The van der Waals surface area contributed by atoms with E-state index in [0.29, 0.717) is 34.8 Å². The average Bonchev–Trinajstić information content (AvgIpc) is 2.64. The maximum absolute atomic E-state index is 13.0. The second kappa shape index (κ2) is 6.74.